The van der Waals surface area contributed by atoms with E-state index < -0.39 is 35.1 Å². The molecule has 35 heavy (non-hydrogen) atoms. The molecule has 0 fully saturated rings. The van der Waals surface area contributed by atoms with E-state index in [-0.39, 0.29) is 17.4 Å². The number of hydrogen-bond donors (Lipinski definition) is 1. The second-order valence-corrected chi connectivity index (χ2v) is 7.82. The van der Waals surface area contributed by atoms with E-state index in [0.717, 1.165) is 35.4 Å². The van der Waals surface area contributed by atoms with Crippen molar-refractivity contribution >= 4 is 11.6 Å². The summed E-state index contributed by atoms with van der Waals surface area (Å²) in [6.45, 7) is -0.877. The summed E-state index contributed by atoms with van der Waals surface area (Å²) in [7, 11) is 0. The molecule has 9 nitrogen and oxygen atoms in total. The molecule has 178 valence electrons. The number of benzene rings is 1. The summed E-state index contributed by atoms with van der Waals surface area (Å²) < 4.78 is 52.5. The zero-order valence-electron chi connectivity index (χ0n) is 17.7. The molecule has 3 aromatic heterocycles. The number of halogens is 4. The van der Waals surface area contributed by atoms with E-state index in [9.17, 15) is 9.50 Å². The first-order chi connectivity index (χ1) is 16.7. The van der Waals surface area contributed by atoms with Gasteiger partial charge in [0.15, 0.2) is 5.60 Å². The van der Waals surface area contributed by atoms with Gasteiger partial charge in [-0.25, -0.2) is 9.07 Å². The second-order valence-electron chi connectivity index (χ2n) is 7.38. The van der Waals surface area contributed by atoms with E-state index in [4.69, 9.17) is 21.6 Å². The standard InChI is InChI=1S/C22H15ClF3N7O2/c23-15-2-5-18(19(24)7-15)21(34,12-33-13-30-31-32-33)22(25,26)20-6-4-17(10-29-20)35-11-16-3-1-14(8-27)9-28-16/h1-7,9-10,13,34H,11-12H2. The minimum atomic E-state index is -4.10. The zero-order valence-corrected chi connectivity index (χ0v) is 18.4. The molecule has 0 spiro atoms. The van der Waals surface area contributed by atoms with Crippen molar-refractivity contribution in [3.05, 3.63) is 94.5 Å². The molecule has 0 amide bonds. The third-order valence-corrected chi connectivity index (χ3v) is 5.31. The number of alkyl halides is 2. The highest BCUT2D eigenvalue weighted by Gasteiger charge is 2.57. The van der Waals surface area contributed by atoms with Crippen LogP contribution in [0.1, 0.15) is 22.5 Å². The predicted octanol–water partition coefficient (Wildman–Crippen LogP) is 3.39. The molecular formula is C22H15ClF3N7O2. The van der Waals surface area contributed by atoms with Gasteiger partial charge in [-0.1, -0.05) is 17.7 Å². The molecule has 3 heterocycles. The Hall–Kier alpha value is -4.08. The lowest BCUT2D eigenvalue weighted by Crippen LogP contribution is -2.48. The molecule has 4 rings (SSSR count). The van der Waals surface area contributed by atoms with Crippen molar-refractivity contribution in [3.63, 3.8) is 0 Å². The average Bonchev–Trinajstić information content (AvgIpc) is 3.36. The number of aromatic nitrogens is 6. The number of pyridine rings is 2. The number of hydrogen-bond acceptors (Lipinski definition) is 8. The van der Waals surface area contributed by atoms with Crippen LogP contribution in [0.3, 0.4) is 0 Å². The smallest absolute Gasteiger partial charge is 0.323 e. The second kappa shape index (κ2) is 9.65. The molecule has 1 aromatic carbocycles. The fourth-order valence-corrected chi connectivity index (χ4v) is 3.42. The molecule has 0 aliphatic carbocycles. The first kappa shape index (κ1) is 24.1. The Kier molecular flexibility index (Phi) is 6.63. The zero-order chi connectivity index (χ0) is 25.1. The van der Waals surface area contributed by atoms with Crippen LogP contribution in [0.4, 0.5) is 13.2 Å². The van der Waals surface area contributed by atoms with E-state index in [1.54, 1.807) is 12.1 Å². The summed E-state index contributed by atoms with van der Waals surface area (Å²) in [6.07, 6.45) is 3.43. The van der Waals surface area contributed by atoms with Crippen molar-refractivity contribution in [3.8, 4) is 11.8 Å². The molecule has 1 unspecified atom stereocenters. The molecular weight excluding hydrogens is 487 g/mol. The molecule has 0 aliphatic heterocycles. The first-order valence-electron chi connectivity index (χ1n) is 9.94. The summed E-state index contributed by atoms with van der Waals surface area (Å²) in [5, 5.41) is 30.2. The van der Waals surface area contributed by atoms with Crippen molar-refractivity contribution in [2.75, 3.05) is 0 Å². The lowest BCUT2D eigenvalue weighted by atomic mass is 9.84. The summed E-state index contributed by atoms with van der Waals surface area (Å²) in [5.74, 6) is -5.08. The van der Waals surface area contributed by atoms with Crippen LogP contribution >= 0.6 is 11.6 Å². The Morgan fingerprint density at radius 1 is 1.11 bits per heavy atom. The van der Waals surface area contributed by atoms with Gasteiger partial charge in [0.1, 0.15) is 36.3 Å². The van der Waals surface area contributed by atoms with Crippen molar-refractivity contribution in [2.45, 2.75) is 24.7 Å². The molecule has 1 N–H and O–H groups in total. The number of ether oxygens (including phenoxy) is 1. The van der Waals surface area contributed by atoms with Crippen molar-refractivity contribution in [1.29, 1.82) is 5.26 Å². The van der Waals surface area contributed by atoms with Gasteiger partial charge in [-0.15, -0.1) is 5.10 Å². The van der Waals surface area contributed by atoms with Crippen LogP contribution in [0.15, 0.2) is 61.2 Å². The highest BCUT2D eigenvalue weighted by atomic mass is 35.5. The molecule has 0 saturated heterocycles. The van der Waals surface area contributed by atoms with Gasteiger partial charge in [0.25, 0.3) is 0 Å². The van der Waals surface area contributed by atoms with E-state index >= 15 is 8.78 Å². The quantitative estimate of drug-likeness (QED) is 0.390. The van der Waals surface area contributed by atoms with Crippen LogP contribution < -0.4 is 4.74 Å². The number of rotatable bonds is 8. The normalized spacial score (nSPS) is 13.1. The van der Waals surface area contributed by atoms with E-state index in [2.05, 4.69) is 25.5 Å². The van der Waals surface area contributed by atoms with Gasteiger partial charge in [-0.3, -0.25) is 9.97 Å². The van der Waals surface area contributed by atoms with Crippen LogP contribution in [0.2, 0.25) is 5.02 Å². The van der Waals surface area contributed by atoms with E-state index in [1.165, 1.54) is 18.3 Å². The summed E-state index contributed by atoms with van der Waals surface area (Å²) in [4.78, 5) is 7.80. The Morgan fingerprint density at radius 3 is 2.54 bits per heavy atom. The van der Waals surface area contributed by atoms with E-state index in [1.807, 2.05) is 6.07 Å². The van der Waals surface area contributed by atoms with Gasteiger partial charge < -0.3 is 9.84 Å². The largest absolute Gasteiger partial charge is 0.486 e. The Bertz CT molecular complexity index is 1350. The molecule has 0 radical (unpaired) electrons. The average molecular weight is 502 g/mol. The summed E-state index contributed by atoms with van der Waals surface area (Å²) in [6, 6.07) is 10.3. The van der Waals surface area contributed by atoms with Crippen molar-refractivity contribution < 1.29 is 23.0 Å². The van der Waals surface area contributed by atoms with E-state index in [0.29, 0.717) is 11.3 Å². The minimum Gasteiger partial charge on any atom is -0.486 e. The fourth-order valence-electron chi connectivity index (χ4n) is 3.26. The Labute approximate surface area is 201 Å². The third-order valence-electron chi connectivity index (χ3n) is 5.08. The van der Waals surface area contributed by atoms with Crippen LogP contribution in [0, 0.1) is 17.1 Å². The summed E-state index contributed by atoms with van der Waals surface area (Å²) >= 11 is 5.76. The topological polar surface area (TPSA) is 123 Å². The first-order valence-corrected chi connectivity index (χ1v) is 10.3. The van der Waals surface area contributed by atoms with Gasteiger partial charge in [-0.2, -0.15) is 14.0 Å². The van der Waals surface area contributed by atoms with Gasteiger partial charge in [0, 0.05) is 16.8 Å². The fraction of sp³-hybridized carbons (Fsp3) is 0.182. The molecule has 4 aromatic rings. The van der Waals surface area contributed by atoms with Gasteiger partial charge >= 0.3 is 5.92 Å². The molecule has 0 bridgehead atoms. The maximum Gasteiger partial charge on any atom is 0.323 e. The maximum atomic E-state index is 15.7. The molecule has 0 saturated carbocycles. The highest BCUT2D eigenvalue weighted by molar-refractivity contribution is 6.30. The maximum absolute atomic E-state index is 15.7. The van der Waals surface area contributed by atoms with Crippen LogP contribution in [-0.4, -0.2) is 35.3 Å². The Balaban J connectivity index is 1.61. The lowest BCUT2D eigenvalue weighted by Gasteiger charge is -2.35. The summed E-state index contributed by atoms with van der Waals surface area (Å²) in [5.41, 5.74) is -3.79. The predicted molar refractivity (Wildman–Crippen MR) is 115 cm³/mol. The van der Waals surface area contributed by atoms with Gasteiger partial charge in [-0.05, 0) is 46.8 Å². The van der Waals surface area contributed by atoms with Crippen molar-refractivity contribution in [2.24, 2.45) is 0 Å². The molecule has 0 aliphatic rings. The number of nitriles is 1. The lowest BCUT2D eigenvalue weighted by molar-refractivity contribution is -0.207. The Morgan fingerprint density at radius 2 is 1.94 bits per heavy atom. The SMILES string of the molecule is N#Cc1ccc(COc2ccc(C(F)(F)C(O)(Cn3cnnn3)c3ccc(Cl)cc3F)nc2)nc1. The number of tetrazole rings is 1. The highest BCUT2D eigenvalue weighted by Crippen LogP contribution is 2.47. The monoisotopic (exact) mass is 501 g/mol. The number of aliphatic hydroxyl groups is 1. The van der Waals surface area contributed by atoms with Crippen molar-refractivity contribution in [1.82, 2.24) is 30.2 Å². The van der Waals surface area contributed by atoms with Gasteiger partial charge in [0.05, 0.1) is 24.0 Å². The minimum absolute atomic E-state index is 0.00233. The molecule has 1 atom stereocenters. The van der Waals surface area contributed by atoms with Crippen LogP contribution in [0.5, 0.6) is 5.75 Å². The van der Waals surface area contributed by atoms with Crippen LogP contribution in [0.25, 0.3) is 0 Å². The number of nitrogens with zero attached hydrogens (tertiary/aromatic N) is 7. The molecule has 13 heteroatoms. The third kappa shape index (κ3) is 4.91. The van der Waals surface area contributed by atoms with Crippen LogP contribution in [-0.2, 0) is 24.7 Å². The van der Waals surface area contributed by atoms with Gasteiger partial charge in [0.2, 0.25) is 0 Å².